The molecule has 0 saturated heterocycles. The zero-order valence-corrected chi connectivity index (χ0v) is 12.2. The van der Waals surface area contributed by atoms with Crippen molar-refractivity contribution in [1.29, 1.82) is 0 Å². The average molecular weight is 285 g/mol. The zero-order valence-electron chi connectivity index (χ0n) is 9.35. The fourth-order valence-electron chi connectivity index (χ4n) is 1.22. The van der Waals surface area contributed by atoms with Gasteiger partial charge >= 0.3 is 0 Å². The summed E-state index contributed by atoms with van der Waals surface area (Å²) in [5.41, 5.74) is -1.88. The summed E-state index contributed by atoms with van der Waals surface area (Å²) >= 11 is 0. The van der Waals surface area contributed by atoms with Crippen LogP contribution in [0.25, 0.3) is 0 Å². The Morgan fingerprint density at radius 1 is 1.17 bits per heavy atom. The van der Waals surface area contributed by atoms with Gasteiger partial charge in [0.25, 0.3) is 21.5 Å². The molecular weight excluding hydrogens is 279 g/mol. The third-order valence-electron chi connectivity index (χ3n) is 2.00. The first-order valence-corrected chi connectivity index (χ1v) is 5.49. The van der Waals surface area contributed by atoms with Crippen molar-refractivity contribution in [2.45, 2.75) is 11.8 Å². The first-order chi connectivity index (χ1) is 7.64. The number of nitro benzene ring substituents is 2. The number of hydrogen-bond acceptors (Lipinski definition) is 6. The first kappa shape index (κ1) is 16.9. The van der Waals surface area contributed by atoms with Gasteiger partial charge in [-0.3, -0.25) is 24.8 Å². The van der Waals surface area contributed by atoms with Crippen molar-refractivity contribution >= 4 is 51.1 Å². The van der Waals surface area contributed by atoms with Gasteiger partial charge in [0.15, 0.2) is 0 Å². The minimum atomic E-state index is -4.75. The second-order valence-corrected chi connectivity index (χ2v) is 4.47. The Morgan fingerprint density at radius 2 is 1.67 bits per heavy atom. The van der Waals surface area contributed by atoms with Crippen molar-refractivity contribution in [2.24, 2.45) is 0 Å². The molecule has 9 nitrogen and oxygen atoms in total. The largest absolute Gasteiger partial charge is 0.295 e. The van der Waals surface area contributed by atoms with Crippen LogP contribution in [0.1, 0.15) is 5.56 Å². The first-order valence-electron chi connectivity index (χ1n) is 4.05. The summed E-state index contributed by atoms with van der Waals surface area (Å²) in [5, 5.41) is 21.1. The number of nitro groups is 2. The van der Waals surface area contributed by atoms with Crippen LogP contribution in [0.4, 0.5) is 11.4 Å². The van der Waals surface area contributed by atoms with Crippen LogP contribution >= 0.6 is 0 Å². The van der Waals surface area contributed by atoms with Gasteiger partial charge in [0.05, 0.1) is 15.9 Å². The van der Waals surface area contributed by atoms with Crippen LogP contribution in [0.15, 0.2) is 17.0 Å². The van der Waals surface area contributed by atoms with Crippen molar-refractivity contribution in [3.05, 3.63) is 37.9 Å². The van der Waals surface area contributed by atoms with E-state index in [2.05, 4.69) is 0 Å². The van der Waals surface area contributed by atoms with Gasteiger partial charge in [0, 0.05) is 41.2 Å². The Balaban J connectivity index is 0.00000289. The summed E-state index contributed by atoms with van der Waals surface area (Å²) < 4.78 is 30.6. The van der Waals surface area contributed by atoms with E-state index in [9.17, 15) is 28.6 Å². The molecule has 0 atom stereocenters. The molecule has 1 radical (unpaired) electrons. The maximum absolute atomic E-state index is 10.9. The molecule has 0 aliphatic rings. The van der Waals surface area contributed by atoms with Crippen LogP contribution in [-0.4, -0.2) is 52.4 Å². The maximum Gasteiger partial charge on any atom is 0.295 e. The molecule has 0 unspecified atom stereocenters. The Morgan fingerprint density at radius 3 is 2.00 bits per heavy atom. The van der Waals surface area contributed by atoms with Crippen LogP contribution < -0.4 is 0 Å². The molecule has 11 heteroatoms. The predicted molar refractivity (Wildman–Crippen MR) is 60.1 cm³/mol. The zero-order chi connectivity index (χ0) is 13.4. The van der Waals surface area contributed by atoms with E-state index in [0.29, 0.717) is 12.1 Å². The number of benzene rings is 1. The van der Waals surface area contributed by atoms with E-state index in [1.165, 1.54) is 0 Å². The van der Waals surface area contributed by atoms with E-state index < -0.39 is 36.2 Å². The van der Waals surface area contributed by atoms with Gasteiger partial charge in [-0.25, -0.2) is 0 Å². The minimum Gasteiger partial charge on any atom is -0.282 e. The molecule has 0 aromatic heterocycles. The molecule has 1 aromatic carbocycles. The number of nitrogens with zero attached hydrogens (tertiary/aromatic N) is 2. The third-order valence-corrected chi connectivity index (χ3v) is 2.98. The van der Waals surface area contributed by atoms with Crippen LogP contribution in [-0.2, 0) is 10.1 Å². The quantitative estimate of drug-likeness (QED) is 0.372. The van der Waals surface area contributed by atoms with Crippen molar-refractivity contribution in [3.63, 3.8) is 0 Å². The van der Waals surface area contributed by atoms with Crippen LogP contribution in [0, 0.1) is 27.2 Å². The molecule has 93 valence electrons. The van der Waals surface area contributed by atoms with E-state index in [0.717, 1.165) is 6.92 Å². The van der Waals surface area contributed by atoms with Gasteiger partial charge in [-0.2, -0.15) is 8.42 Å². The molecule has 0 saturated carbocycles. The Labute approximate surface area is 123 Å². The van der Waals surface area contributed by atoms with Crippen molar-refractivity contribution in [2.75, 3.05) is 0 Å². The molecule has 0 fully saturated rings. The van der Waals surface area contributed by atoms with Crippen LogP contribution in [0.3, 0.4) is 0 Å². The normalized spacial score (nSPS) is 10.6. The van der Waals surface area contributed by atoms with Gasteiger partial charge in [-0.05, 0) is 6.92 Å². The monoisotopic (exact) mass is 285 g/mol. The van der Waals surface area contributed by atoms with Gasteiger partial charge in [0.1, 0.15) is 4.90 Å². The van der Waals surface area contributed by atoms with Gasteiger partial charge < -0.3 is 0 Å². The van der Waals surface area contributed by atoms with Gasteiger partial charge in [0.2, 0.25) is 0 Å². The molecule has 0 aliphatic carbocycles. The molecule has 1 rings (SSSR count). The fraction of sp³-hybridized carbons (Fsp3) is 0.143. The molecule has 0 spiro atoms. The summed E-state index contributed by atoms with van der Waals surface area (Å²) in [4.78, 5) is 18.3. The molecular formula is C7H6N2NaO7S. The summed E-state index contributed by atoms with van der Waals surface area (Å²) in [6.45, 7) is 1.07. The van der Waals surface area contributed by atoms with Gasteiger partial charge in [-0.15, -0.1) is 0 Å². The van der Waals surface area contributed by atoms with Crippen molar-refractivity contribution in [1.82, 2.24) is 0 Å². The van der Waals surface area contributed by atoms with E-state index >= 15 is 0 Å². The molecule has 1 N–H and O–H groups in total. The number of hydrogen-bond donors (Lipinski definition) is 1. The second kappa shape index (κ2) is 5.71. The SMILES string of the molecule is Cc1c([N+](=O)[O-])cc([N+](=O)[O-])cc1S(=O)(=O)O.[Na]. The minimum absolute atomic E-state index is 0. The predicted octanol–water partition coefficient (Wildman–Crippen LogP) is 0.677. The van der Waals surface area contributed by atoms with Crippen LogP contribution in [0.2, 0.25) is 0 Å². The number of rotatable bonds is 3. The topological polar surface area (TPSA) is 141 Å². The Bertz CT molecular complexity index is 612. The van der Waals surface area contributed by atoms with E-state index in [1.807, 2.05) is 0 Å². The summed E-state index contributed by atoms with van der Waals surface area (Å²) in [7, 11) is -4.75. The molecule has 18 heavy (non-hydrogen) atoms. The standard InChI is InChI=1S/C7H6N2O7S.Na/c1-4-6(9(12)13)2-5(8(10)11)3-7(4)17(14,15)16;/h2-3H,1H3,(H,14,15,16);. The van der Waals surface area contributed by atoms with E-state index in [1.54, 1.807) is 0 Å². The van der Waals surface area contributed by atoms with E-state index in [4.69, 9.17) is 4.55 Å². The summed E-state index contributed by atoms with van der Waals surface area (Å²) in [6, 6.07) is 1.20. The molecule has 0 aliphatic heterocycles. The van der Waals surface area contributed by atoms with E-state index in [-0.39, 0.29) is 35.1 Å². The Kier molecular flexibility index (Phi) is 5.37. The molecule has 0 bridgehead atoms. The van der Waals surface area contributed by atoms with Gasteiger partial charge in [-0.1, -0.05) is 0 Å². The maximum atomic E-state index is 10.9. The summed E-state index contributed by atoms with van der Waals surface area (Å²) in [6.07, 6.45) is 0. The van der Waals surface area contributed by atoms with Crippen LogP contribution in [0.5, 0.6) is 0 Å². The fourth-order valence-corrected chi connectivity index (χ4v) is 1.98. The third kappa shape index (κ3) is 3.46. The smallest absolute Gasteiger partial charge is 0.282 e. The van der Waals surface area contributed by atoms with Crippen molar-refractivity contribution in [3.8, 4) is 0 Å². The average Bonchev–Trinajstić information content (AvgIpc) is 2.15. The van der Waals surface area contributed by atoms with Crippen molar-refractivity contribution < 1.29 is 22.8 Å². The molecule has 0 heterocycles. The Hall–Kier alpha value is -1.07. The second-order valence-electron chi connectivity index (χ2n) is 3.08. The summed E-state index contributed by atoms with van der Waals surface area (Å²) in [5.74, 6) is 0. The molecule has 0 amide bonds. The number of non-ortho nitro benzene ring substituents is 1. The molecule has 1 aromatic rings.